The molecule has 158 valence electrons. The largest absolute Gasteiger partial charge is 0.411 e. The normalized spacial score (nSPS) is 13.2. The third-order valence-corrected chi connectivity index (χ3v) is 4.40. The highest BCUT2D eigenvalue weighted by Crippen LogP contribution is 2.21. The van der Waals surface area contributed by atoms with Crippen LogP contribution in [0.15, 0.2) is 10.4 Å². The summed E-state index contributed by atoms with van der Waals surface area (Å²) in [7, 11) is 3.53. The molecule has 11 heteroatoms. The SMILES string of the molecule is CCNC(=NCCCOCC(F)(F)F)N(C)Cc1csc(C(C)OC)n1.I. The van der Waals surface area contributed by atoms with Crippen molar-refractivity contribution in [2.45, 2.75) is 39.1 Å². The predicted molar refractivity (Wildman–Crippen MR) is 112 cm³/mol. The van der Waals surface area contributed by atoms with Gasteiger partial charge in [-0.3, -0.25) is 4.99 Å². The van der Waals surface area contributed by atoms with Crippen LogP contribution in [0.2, 0.25) is 0 Å². The molecule has 1 aromatic heterocycles. The Balaban J connectivity index is 0.00000676. The zero-order valence-electron chi connectivity index (χ0n) is 16.0. The second-order valence-electron chi connectivity index (χ2n) is 5.67. The minimum absolute atomic E-state index is 0. The molecule has 27 heavy (non-hydrogen) atoms. The first-order chi connectivity index (χ1) is 12.3. The molecule has 0 saturated carbocycles. The van der Waals surface area contributed by atoms with Gasteiger partial charge in [-0.15, -0.1) is 35.3 Å². The van der Waals surface area contributed by atoms with Crippen molar-refractivity contribution in [3.63, 3.8) is 0 Å². The lowest BCUT2D eigenvalue weighted by Crippen LogP contribution is -2.38. The molecule has 0 bridgehead atoms. The molecular formula is C16H28F3IN4O2S. The van der Waals surface area contributed by atoms with E-state index in [2.05, 4.69) is 20.0 Å². The second-order valence-corrected chi connectivity index (χ2v) is 6.56. The number of nitrogens with zero attached hydrogens (tertiary/aromatic N) is 3. The molecule has 0 saturated heterocycles. The molecule has 0 aliphatic carbocycles. The fourth-order valence-electron chi connectivity index (χ4n) is 2.01. The molecule has 0 aliphatic heterocycles. The van der Waals surface area contributed by atoms with Crippen LogP contribution in [-0.4, -0.2) is 62.5 Å². The molecule has 0 fully saturated rings. The lowest BCUT2D eigenvalue weighted by molar-refractivity contribution is -0.173. The molecule has 0 aliphatic rings. The Kier molecular flexibility index (Phi) is 13.2. The summed E-state index contributed by atoms with van der Waals surface area (Å²) in [6.07, 6.45) is -3.91. The number of nitrogens with one attached hydrogen (secondary N) is 1. The number of aliphatic imine (C=N–C) groups is 1. The number of halogens is 4. The molecule has 1 rings (SSSR count). The van der Waals surface area contributed by atoms with Gasteiger partial charge in [-0.25, -0.2) is 4.98 Å². The van der Waals surface area contributed by atoms with E-state index in [9.17, 15) is 13.2 Å². The van der Waals surface area contributed by atoms with E-state index in [1.807, 2.05) is 31.2 Å². The zero-order chi connectivity index (χ0) is 19.6. The van der Waals surface area contributed by atoms with Crippen LogP contribution in [0.4, 0.5) is 13.2 Å². The quantitative estimate of drug-likeness (QED) is 0.218. The van der Waals surface area contributed by atoms with E-state index in [1.54, 1.807) is 18.4 Å². The zero-order valence-corrected chi connectivity index (χ0v) is 19.2. The Morgan fingerprint density at radius 1 is 1.44 bits per heavy atom. The Morgan fingerprint density at radius 3 is 2.74 bits per heavy atom. The fraction of sp³-hybridized carbons (Fsp3) is 0.750. The number of methoxy groups -OCH3 is 1. The maximum absolute atomic E-state index is 12.0. The topological polar surface area (TPSA) is 59.0 Å². The molecule has 6 nitrogen and oxygen atoms in total. The average Bonchev–Trinajstić information content (AvgIpc) is 3.03. The van der Waals surface area contributed by atoms with Gasteiger partial charge in [-0.2, -0.15) is 13.2 Å². The van der Waals surface area contributed by atoms with Crippen molar-refractivity contribution in [2.24, 2.45) is 4.99 Å². The summed E-state index contributed by atoms with van der Waals surface area (Å²) in [5.74, 6) is 0.678. The van der Waals surface area contributed by atoms with E-state index >= 15 is 0 Å². The highest BCUT2D eigenvalue weighted by Gasteiger charge is 2.27. The maximum Gasteiger partial charge on any atom is 0.411 e. The minimum Gasteiger partial charge on any atom is -0.375 e. The van der Waals surface area contributed by atoms with E-state index in [1.165, 1.54) is 0 Å². The van der Waals surface area contributed by atoms with E-state index in [0.29, 0.717) is 32.0 Å². The van der Waals surface area contributed by atoms with Gasteiger partial charge in [0, 0.05) is 39.2 Å². The standard InChI is InChI=1S/C16H27F3N4O2S.HI/c1-5-20-15(21-7-6-8-25-11-16(17,18)19)23(3)9-13-10-26-14(22-13)12(2)24-4;/h10,12H,5-9,11H2,1-4H3,(H,20,21);1H. The molecule has 0 amide bonds. The second kappa shape index (κ2) is 13.5. The molecule has 0 spiro atoms. The molecule has 0 aromatic carbocycles. The van der Waals surface area contributed by atoms with Crippen molar-refractivity contribution < 1.29 is 22.6 Å². The monoisotopic (exact) mass is 524 g/mol. The van der Waals surface area contributed by atoms with E-state index in [4.69, 9.17) is 4.74 Å². The number of hydrogen-bond acceptors (Lipinski definition) is 5. The first-order valence-electron chi connectivity index (χ1n) is 8.37. The molecule has 1 N–H and O–H groups in total. The van der Waals surface area contributed by atoms with Crippen LogP contribution in [-0.2, 0) is 16.0 Å². The summed E-state index contributed by atoms with van der Waals surface area (Å²) < 4.78 is 45.8. The van der Waals surface area contributed by atoms with E-state index in [0.717, 1.165) is 10.7 Å². The number of guanidine groups is 1. The van der Waals surface area contributed by atoms with Crippen LogP contribution >= 0.6 is 35.3 Å². The molecule has 1 heterocycles. The third kappa shape index (κ3) is 11.1. The van der Waals surface area contributed by atoms with Gasteiger partial charge in [-0.05, 0) is 20.3 Å². The van der Waals surface area contributed by atoms with Crippen LogP contribution in [0, 0.1) is 0 Å². The lowest BCUT2D eigenvalue weighted by atomic mass is 10.4. The van der Waals surface area contributed by atoms with Crippen molar-refractivity contribution in [2.75, 3.05) is 40.5 Å². The van der Waals surface area contributed by atoms with Gasteiger partial charge in [0.25, 0.3) is 0 Å². The number of aromatic nitrogens is 1. The highest BCUT2D eigenvalue weighted by atomic mass is 127. The summed E-state index contributed by atoms with van der Waals surface area (Å²) >= 11 is 1.55. The summed E-state index contributed by atoms with van der Waals surface area (Å²) in [6, 6.07) is 0. The van der Waals surface area contributed by atoms with Crippen molar-refractivity contribution in [1.82, 2.24) is 15.2 Å². The van der Waals surface area contributed by atoms with Gasteiger partial charge in [0.05, 0.1) is 12.2 Å². The van der Waals surface area contributed by atoms with Crippen LogP contribution < -0.4 is 5.32 Å². The van der Waals surface area contributed by atoms with Crippen LogP contribution in [0.1, 0.15) is 37.1 Å². The van der Waals surface area contributed by atoms with Crippen LogP contribution in [0.5, 0.6) is 0 Å². The average molecular weight is 524 g/mol. The third-order valence-electron chi connectivity index (χ3n) is 3.34. The van der Waals surface area contributed by atoms with Crippen molar-refractivity contribution in [3.8, 4) is 0 Å². The Labute approximate surface area is 179 Å². The summed E-state index contributed by atoms with van der Waals surface area (Å²) in [6.45, 7) is 4.35. The minimum atomic E-state index is -4.29. The number of alkyl halides is 3. The first kappa shape index (κ1) is 26.3. The Morgan fingerprint density at radius 2 is 2.15 bits per heavy atom. The molecule has 1 aromatic rings. The number of hydrogen-bond donors (Lipinski definition) is 1. The molecule has 0 radical (unpaired) electrons. The van der Waals surface area contributed by atoms with Gasteiger partial charge in [-0.1, -0.05) is 0 Å². The van der Waals surface area contributed by atoms with Crippen LogP contribution in [0.3, 0.4) is 0 Å². The van der Waals surface area contributed by atoms with E-state index < -0.39 is 12.8 Å². The number of ether oxygens (including phenoxy) is 2. The molecule has 1 unspecified atom stereocenters. The van der Waals surface area contributed by atoms with Crippen LogP contribution in [0.25, 0.3) is 0 Å². The van der Waals surface area contributed by atoms with Crippen molar-refractivity contribution in [3.05, 3.63) is 16.1 Å². The van der Waals surface area contributed by atoms with Gasteiger partial charge in [0.2, 0.25) is 0 Å². The fourth-order valence-corrected chi connectivity index (χ4v) is 2.85. The van der Waals surface area contributed by atoms with Crippen molar-refractivity contribution >= 4 is 41.3 Å². The number of rotatable bonds is 10. The van der Waals surface area contributed by atoms with Gasteiger partial charge >= 0.3 is 6.18 Å². The first-order valence-corrected chi connectivity index (χ1v) is 9.25. The molecular weight excluding hydrogens is 496 g/mol. The smallest absolute Gasteiger partial charge is 0.375 e. The predicted octanol–water partition coefficient (Wildman–Crippen LogP) is 3.83. The maximum atomic E-state index is 12.0. The number of thiazole rings is 1. The van der Waals surface area contributed by atoms with Gasteiger partial charge in [0.15, 0.2) is 5.96 Å². The summed E-state index contributed by atoms with van der Waals surface area (Å²) in [4.78, 5) is 10.9. The van der Waals surface area contributed by atoms with Gasteiger partial charge < -0.3 is 19.7 Å². The molecule has 1 atom stereocenters. The Hall–Kier alpha value is -0.660. The van der Waals surface area contributed by atoms with Gasteiger partial charge in [0.1, 0.15) is 17.7 Å². The van der Waals surface area contributed by atoms with Crippen molar-refractivity contribution in [1.29, 1.82) is 0 Å². The lowest BCUT2D eigenvalue weighted by Gasteiger charge is -2.21. The summed E-state index contributed by atoms with van der Waals surface area (Å²) in [5, 5.41) is 6.06. The Bertz CT molecular complexity index is 558. The van der Waals surface area contributed by atoms with E-state index in [-0.39, 0.29) is 36.7 Å². The highest BCUT2D eigenvalue weighted by molar-refractivity contribution is 14.0. The summed E-state index contributed by atoms with van der Waals surface area (Å²) in [5.41, 5.74) is 0.913.